The predicted octanol–water partition coefficient (Wildman–Crippen LogP) is 1.79. The lowest BCUT2D eigenvalue weighted by Crippen LogP contribution is -1.97. The molecule has 5 nitrogen and oxygen atoms in total. The molecule has 0 fully saturated rings. The van der Waals surface area contributed by atoms with Gasteiger partial charge in [-0.05, 0) is 13.0 Å². The first-order chi connectivity index (χ1) is 7.66. The van der Waals surface area contributed by atoms with E-state index in [2.05, 4.69) is 4.98 Å². The van der Waals surface area contributed by atoms with Crippen LogP contribution in [-0.2, 0) is 11.2 Å². The Bertz CT molecular complexity index is 485. The van der Waals surface area contributed by atoms with Crippen molar-refractivity contribution in [3.8, 4) is 5.88 Å². The number of carboxylic acid groups (broad SMARTS) is 1. The molecule has 0 spiro atoms. The third-order valence-corrected chi connectivity index (χ3v) is 2.27. The fourth-order valence-corrected chi connectivity index (χ4v) is 1.52. The van der Waals surface area contributed by atoms with E-state index in [1.807, 2.05) is 13.0 Å². The highest BCUT2D eigenvalue weighted by Crippen LogP contribution is 2.13. The van der Waals surface area contributed by atoms with Crippen LogP contribution in [0.25, 0.3) is 5.88 Å². The largest absolute Gasteiger partial charge is 0.481 e. The lowest BCUT2D eigenvalue weighted by Gasteiger charge is -1.97. The van der Waals surface area contributed by atoms with E-state index in [-0.39, 0.29) is 6.42 Å². The van der Waals surface area contributed by atoms with Crippen LogP contribution < -0.4 is 0 Å². The molecule has 0 amide bonds. The van der Waals surface area contributed by atoms with Crippen molar-refractivity contribution < 1.29 is 14.3 Å². The molecule has 84 valence electrons. The average Bonchev–Trinajstić information content (AvgIpc) is 2.83. The second-order valence-electron chi connectivity index (χ2n) is 3.49. The van der Waals surface area contributed by atoms with Crippen LogP contribution in [0.2, 0.25) is 0 Å². The molecule has 2 aromatic heterocycles. The molecule has 2 rings (SSSR count). The van der Waals surface area contributed by atoms with Gasteiger partial charge in [0, 0.05) is 18.7 Å². The maximum Gasteiger partial charge on any atom is 0.303 e. The number of nitrogens with zero attached hydrogens (tertiary/aromatic N) is 2. The molecule has 0 saturated heterocycles. The minimum atomic E-state index is -0.815. The van der Waals surface area contributed by atoms with Crippen molar-refractivity contribution in [2.24, 2.45) is 0 Å². The third kappa shape index (κ3) is 2.13. The number of imidazole rings is 1. The minimum absolute atomic E-state index is 0.0919. The topological polar surface area (TPSA) is 68.3 Å². The molecule has 2 heterocycles. The fourth-order valence-electron chi connectivity index (χ4n) is 1.52. The van der Waals surface area contributed by atoms with Crippen molar-refractivity contribution in [1.29, 1.82) is 0 Å². The van der Waals surface area contributed by atoms with E-state index in [0.29, 0.717) is 12.3 Å². The Kier molecular flexibility index (Phi) is 2.76. The zero-order chi connectivity index (χ0) is 11.5. The Morgan fingerprint density at radius 3 is 3.06 bits per heavy atom. The van der Waals surface area contributed by atoms with Gasteiger partial charge >= 0.3 is 5.97 Å². The number of carbonyl (C=O) groups is 1. The minimum Gasteiger partial charge on any atom is -0.481 e. The number of furan rings is 1. The van der Waals surface area contributed by atoms with Gasteiger partial charge in [-0.3, -0.25) is 9.36 Å². The quantitative estimate of drug-likeness (QED) is 0.852. The standard InChI is InChI=1S/C11H12N2O3/c1-8-12-9(4-5-11(14)15)7-13(8)10-3-2-6-16-10/h2-3,6-7H,4-5H2,1H3,(H,14,15). The molecular weight excluding hydrogens is 208 g/mol. The molecule has 0 radical (unpaired) electrons. The molecule has 0 bridgehead atoms. The highest BCUT2D eigenvalue weighted by atomic mass is 16.4. The van der Waals surface area contributed by atoms with Crippen molar-refractivity contribution in [3.63, 3.8) is 0 Å². The van der Waals surface area contributed by atoms with E-state index in [0.717, 1.165) is 11.5 Å². The van der Waals surface area contributed by atoms with E-state index in [9.17, 15) is 4.79 Å². The highest BCUT2D eigenvalue weighted by Gasteiger charge is 2.08. The maximum absolute atomic E-state index is 10.4. The van der Waals surface area contributed by atoms with E-state index >= 15 is 0 Å². The second-order valence-corrected chi connectivity index (χ2v) is 3.49. The van der Waals surface area contributed by atoms with E-state index in [4.69, 9.17) is 9.52 Å². The van der Waals surface area contributed by atoms with E-state index < -0.39 is 5.97 Å². The molecule has 0 aliphatic carbocycles. The molecule has 0 saturated carbocycles. The maximum atomic E-state index is 10.4. The van der Waals surface area contributed by atoms with Crippen molar-refractivity contribution in [2.75, 3.05) is 0 Å². The summed E-state index contributed by atoms with van der Waals surface area (Å²) in [6.07, 6.45) is 3.92. The van der Waals surface area contributed by atoms with Crippen LogP contribution in [0, 0.1) is 6.92 Å². The fraction of sp³-hybridized carbons (Fsp3) is 0.273. The van der Waals surface area contributed by atoms with Crippen LogP contribution in [0.5, 0.6) is 0 Å². The van der Waals surface area contributed by atoms with E-state index in [1.165, 1.54) is 0 Å². The molecule has 16 heavy (non-hydrogen) atoms. The van der Waals surface area contributed by atoms with Gasteiger partial charge in [0.1, 0.15) is 5.82 Å². The smallest absolute Gasteiger partial charge is 0.303 e. The van der Waals surface area contributed by atoms with Gasteiger partial charge in [0.2, 0.25) is 5.88 Å². The third-order valence-electron chi connectivity index (χ3n) is 2.27. The number of aromatic nitrogens is 2. The molecule has 1 N–H and O–H groups in total. The summed E-state index contributed by atoms with van der Waals surface area (Å²) in [6.45, 7) is 1.85. The number of carboxylic acids is 1. The molecular formula is C11H12N2O3. The van der Waals surface area contributed by atoms with Crippen molar-refractivity contribution in [1.82, 2.24) is 9.55 Å². The zero-order valence-electron chi connectivity index (χ0n) is 8.88. The van der Waals surface area contributed by atoms with Crippen LogP contribution >= 0.6 is 0 Å². The number of aliphatic carboxylic acids is 1. The summed E-state index contributed by atoms with van der Waals surface area (Å²) in [5.41, 5.74) is 0.760. The lowest BCUT2D eigenvalue weighted by atomic mass is 10.2. The Morgan fingerprint density at radius 1 is 1.62 bits per heavy atom. The first-order valence-corrected chi connectivity index (χ1v) is 4.97. The number of hydrogen-bond donors (Lipinski definition) is 1. The Hall–Kier alpha value is -2.04. The van der Waals surface area contributed by atoms with Gasteiger partial charge in [0.15, 0.2) is 0 Å². The zero-order valence-corrected chi connectivity index (χ0v) is 8.88. The monoisotopic (exact) mass is 220 g/mol. The number of hydrogen-bond acceptors (Lipinski definition) is 3. The van der Waals surface area contributed by atoms with Gasteiger partial charge in [0.05, 0.1) is 18.4 Å². The first kappa shape index (κ1) is 10.5. The van der Waals surface area contributed by atoms with Crippen LogP contribution in [0.15, 0.2) is 29.0 Å². The Morgan fingerprint density at radius 2 is 2.44 bits per heavy atom. The first-order valence-electron chi connectivity index (χ1n) is 4.97. The van der Waals surface area contributed by atoms with Crippen molar-refractivity contribution in [2.45, 2.75) is 19.8 Å². The van der Waals surface area contributed by atoms with Crippen molar-refractivity contribution in [3.05, 3.63) is 36.1 Å². The molecule has 0 aromatic carbocycles. The normalized spacial score (nSPS) is 10.6. The van der Waals surface area contributed by atoms with Crippen LogP contribution in [-0.4, -0.2) is 20.6 Å². The van der Waals surface area contributed by atoms with Gasteiger partial charge in [0.25, 0.3) is 0 Å². The number of rotatable bonds is 4. The molecule has 5 heteroatoms. The SMILES string of the molecule is Cc1nc(CCC(=O)O)cn1-c1ccco1. The summed E-state index contributed by atoms with van der Waals surface area (Å²) in [4.78, 5) is 14.7. The Balaban J connectivity index is 2.19. The summed E-state index contributed by atoms with van der Waals surface area (Å²) < 4.78 is 7.05. The van der Waals surface area contributed by atoms with Crippen LogP contribution in [0.3, 0.4) is 0 Å². The van der Waals surface area contributed by atoms with Gasteiger partial charge in [-0.25, -0.2) is 4.98 Å². The summed E-state index contributed by atoms with van der Waals surface area (Å²) in [6, 6.07) is 3.63. The number of aryl methyl sites for hydroxylation is 2. The molecule has 0 aliphatic rings. The molecule has 2 aromatic rings. The highest BCUT2D eigenvalue weighted by molar-refractivity contribution is 5.66. The molecule has 0 aliphatic heterocycles. The van der Waals surface area contributed by atoms with Crippen LogP contribution in [0.4, 0.5) is 0 Å². The van der Waals surface area contributed by atoms with Gasteiger partial charge in [-0.15, -0.1) is 0 Å². The summed E-state index contributed by atoms with van der Waals surface area (Å²) in [7, 11) is 0. The molecule has 0 atom stereocenters. The van der Waals surface area contributed by atoms with Gasteiger partial charge in [-0.1, -0.05) is 0 Å². The molecule has 0 unspecified atom stereocenters. The van der Waals surface area contributed by atoms with Gasteiger partial charge < -0.3 is 9.52 Å². The average molecular weight is 220 g/mol. The summed E-state index contributed by atoms with van der Waals surface area (Å²) >= 11 is 0. The Labute approximate surface area is 92.3 Å². The summed E-state index contributed by atoms with van der Waals surface area (Å²) in [5, 5.41) is 8.58. The second kappa shape index (κ2) is 4.22. The van der Waals surface area contributed by atoms with E-state index in [1.54, 1.807) is 23.1 Å². The lowest BCUT2D eigenvalue weighted by molar-refractivity contribution is -0.136. The summed E-state index contributed by atoms with van der Waals surface area (Å²) in [5.74, 6) is 0.659. The van der Waals surface area contributed by atoms with Crippen LogP contribution in [0.1, 0.15) is 17.9 Å². The van der Waals surface area contributed by atoms with Gasteiger partial charge in [-0.2, -0.15) is 0 Å². The van der Waals surface area contributed by atoms with Crippen molar-refractivity contribution >= 4 is 5.97 Å². The predicted molar refractivity (Wildman–Crippen MR) is 56.5 cm³/mol.